The van der Waals surface area contributed by atoms with Crippen LogP contribution in [0.5, 0.6) is 0 Å². The molecule has 1 aromatic heterocycles. The fraction of sp³-hybridized carbons (Fsp3) is 0.500. The van der Waals surface area contributed by atoms with Crippen molar-refractivity contribution >= 4 is 28.6 Å². The first-order valence-electron chi connectivity index (χ1n) is 5.67. The van der Waals surface area contributed by atoms with E-state index in [2.05, 4.69) is 0 Å². The summed E-state index contributed by atoms with van der Waals surface area (Å²) in [7, 11) is 0. The van der Waals surface area contributed by atoms with E-state index < -0.39 is 47.9 Å². The molecule has 1 saturated heterocycles. The molecule has 1 aromatic rings. The number of halogens is 1. The first kappa shape index (κ1) is 16.1. The maximum absolute atomic E-state index is 11.7. The van der Waals surface area contributed by atoms with Gasteiger partial charge in [0.2, 0.25) is 0 Å². The number of H-pyrrole nitrogens is 1. The zero-order valence-corrected chi connectivity index (χ0v) is 12.4. The molecule has 11 heteroatoms. The van der Waals surface area contributed by atoms with Crippen LogP contribution in [0.2, 0.25) is 0 Å². The number of nitrogens with zero attached hydrogens (tertiary/aromatic N) is 1. The van der Waals surface area contributed by atoms with Gasteiger partial charge >= 0.3 is 11.7 Å². The fourth-order valence-corrected chi connectivity index (χ4v) is 2.40. The molecular weight excluding hydrogens is 403 g/mol. The van der Waals surface area contributed by atoms with E-state index in [1.54, 1.807) is 22.6 Å². The number of aliphatic carboxylic acids is 1. The number of carboxylic acid groups (broad SMARTS) is 1. The third-order valence-electron chi connectivity index (χ3n) is 3.04. The Hall–Kier alpha value is -1.28. The number of carbonyl (C=O) groups is 1. The van der Waals surface area contributed by atoms with Crippen LogP contribution in [0.15, 0.2) is 15.8 Å². The van der Waals surface area contributed by atoms with Crippen LogP contribution in [-0.2, 0) is 9.53 Å². The number of hydrogen-bond acceptors (Lipinski definition) is 7. The van der Waals surface area contributed by atoms with Gasteiger partial charge in [-0.25, -0.2) is 9.59 Å². The van der Waals surface area contributed by atoms with E-state index in [1.807, 2.05) is 4.98 Å². The SMILES string of the molecule is O=C(O)[C@@H](O)[C@@H]1O[C@@H](n2cc(I)c(=O)[nH]c2=O)[C@@H](O)[C@@H]1O. The van der Waals surface area contributed by atoms with E-state index in [4.69, 9.17) is 9.84 Å². The summed E-state index contributed by atoms with van der Waals surface area (Å²) in [6, 6.07) is 0. The van der Waals surface area contributed by atoms with Crippen LogP contribution in [0, 0.1) is 3.57 Å². The highest BCUT2D eigenvalue weighted by molar-refractivity contribution is 14.1. The van der Waals surface area contributed by atoms with Gasteiger partial charge in [-0.05, 0) is 22.6 Å². The molecular formula is C10H11IN2O8. The molecule has 2 heterocycles. The van der Waals surface area contributed by atoms with Crippen LogP contribution in [-0.4, -0.2) is 60.4 Å². The van der Waals surface area contributed by atoms with Crippen LogP contribution in [0.1, 0.15) is 6.23 Å². The monoisotopic (exact) mass is 414 g/mol. The minimum Gasteiger partial charge on any atom is -0.479 e. The Labute approximate surface area is 129 Å². The molecule has 0 radical (unpaired) electrons. The molecule has 0 aliphatic carbocycles. The summed E-state index contributed by atoms with van der Waals surface area (Å²) in [4.78, 5) is 35.6. The van der Waals surface area contributed by atoms with Crippen molar-refractivity contribution in [2.75, 3.05) is 0 Å². The first-order chi connectivity index (χ1) is 9.73. The molecule has 1 fully saturated rings. The predicted molar refractivity (Wildman–Crippen MR) is 73.6 cm³/mol. The Morgan fingerprint density at radius 1 is 1.38 bits per heavy atom. The van der Waals surface area contributed by atoms with E-state index >= 15 is 0 Å². The maximum Gasteiger partial charge on any atom is 0.335 e. The number of rotatable bonds is 3. The van der Waals surface area contributed by atoms with Crippen LogP contribution >= 0.6 is 22.6 Å². The zero-order valence-electron chi connectivity index (χ0n) is 10.2. The van der Waals surface area contributed by atoms with Gasteiger partial charge in [0.25, 0.3) is 5.56 Å². The molecule has 0 amide bonds. The van der Waals surface area contributed by atoms with Gasteiger partial charge in [0, 0.05) is 6.20 Å². The number of aromatic nitrogens is 2. The molecule has 5 N–H and O–H groups in total. The molecule has 10 nitrogen and oxygen atoms in total. The first-order valence-corrected chi connectivity index (χ1v) is 6.75. The molecule has 0 unspecified atom stereocenters. The second-order valence-corrected chi connectivity index (χ2v) is 5.56. The van der Waals surface area contributed by atoms with Gasteiger partial charge in [0.15, 0.2) is 12.3 Å². The van der Waals surface area contributed by atoms with Gasteiger partial charge in [0.1, 0.15) is 18.3 Å². The Kier molecular flexibility index (Phi) is 4.48. The lowest BCUT2D eigenvalue weighted by Crippen LogP contribution is -2.42. The van der Waals surface area contributed by atoms with Crippen LogP contribution in [0.25, 0.3) is 0 Å². The summed E-state index contributed by atoms with van der Waals surface area (Å²) in [5.41, 5.74) is -1.53. The van der Waals surface area contributed by atoms with Gasteiger partial charge in [-0.1, -0.05) is 0 Å². The lowest BCUT2D eigenvalue weighted by atomic mass is 10.1. The van der Waals surface area contributed by atoms with Gasteiger partial charge in [-0.3, -0.25) is 14.3 Å². The van der Waals surface area contributed by atoms with Crippen molar-refractivity contribution in [2.24, 2.45) is 0 Å². The van der Waals surface area contributed by atoms with Crippen molar-refractivity contribution in [2.45, 2.75) is 30.6 Å². The quantitative estimate of drug-likeness (QED) is 0.332. The van der Waals surface area contributed by atoms with Gasteiger partial charge in [-0.15, -0.1) is 0 Å². The second-order valence-electron chi connectivity index (χ2n) is 4.40. The third-order valence-corrected chi connectivity index (χ3v) is 3.81. The largest absolute Gasteiger partial charge is 0.479 e. The fourth-order valence-electron chi connectivity index (χ4n) is 1.97. The van der Waals surface area contributed by atoms with Crippen molar-refractivity contribution in [3.63, 3.8) is 0 Å². The Morgan fingerprint density at radius 3 is 2.57 bits per heavy atom. The normalized spacial score (nSPS) is 30.3. The Morgan fingerprint density at radius 2 is 2.00 bits per heavy atom. The van der Waals surface area contributed by atoms with E-state index in [-0.39, 0.29) is 3.57 Å². The van der Waals surface area contributed by atoms with Crippen molar-refractivity contribution in [1.82, 2.24) is 9.55 Å². The summed E-state index contributed by atoms with van der Waals surface area (Å²) in [5, 5.41) is 37.7. The standard InChI is InChI=1S/C10H11IN2O8/c11-2-1-13(10(20)12-7(2)17)8-4(15)3(14)6(21-8)5(16)9(18)19/h1,3-6,8,14-16H,(H,18,19)(H,12,17,20)/t3-,4-,5-,6+,8+/m0/s1. The highest BCUT2D eigenvalue weighted by atomic mass is 127. The number of hydrogen-bond donors (Lipinski definition) is 5. The number of nitrogens with one attached hydrogen (secondary N) is 1. The Bertz CT molecular complexity index is 670. The van der Waals surface area contributed by atoms with Gasteiger partial charge in [-0.2, -0.15) is 0 Å². The molecule has 0 bridgehead atoms. The maximum atomic E-state index is 11.7. The smallest absolute Gasteiger partial charge is 0.335 e. The molecule has 0 spiro atoms. The number of aromatic amines is 1. The average molecular weight is 414 g/mol. The van der Waals surface area contributed by atoms with E-state index in [0.717, 1.165) is 10.8 Å². The summed E-state index contributed by atoms with van der Waals surface area (Å²) >= 11 is 1.65. The summed E-state index contributed by atoms with van der Waals surface area (Å²) < 4.78 is 6.01. The van der Waals surface area contributed by atoms with Crippen molar-refractivity contribution in [1.29, 1.82) is 0 Å². The number of aliphatic hydroxyl groups excluding tert-OH is 3. The van der Waals surface area contributed by atoms with Gasteiger partial charge < -0.3 is 25.2 Å². The zero-order chi connectivity index (χ0) is 15.9. The third kappa shape index (κ3) is 2.87. The highest BCUT2D eigenvalue weighted by Crippen LogP contribution is 2.30. The van der Waals surface area contributed by atoms with Crippen LogP contribution < -0.4 is 11.2 Å². The van der Waals surface area contributed by atoms with Gasteiger partial charge in [0.05, 0.1) is 3.57 Å². The molecule has 0 saturated carbocycles. The predicted octanol–water partition coefficient (Wildman–Crippen LogP) is -2.79. The molecule has 5 atom stereocenters. The molecule has 2 rings (SSSR count). The average Bonchev–Trinajstić information content (AvgIpc) is 2.70. The van der Waals surface area contributed by atoms with Crippen molar-refractivity contribution in [3.8, 4) is 0 Å². The Balaban J connectivity index is 2.38. The molecule has 1 aliphatic rings. The minimum atomic E-state index is -2.07. The second kappa shape index (κ2) is 5.84. The van der Waals surface area contributed by atoms with Crippen molar-refractivity contribution < 1.29 is 30.0 Å². The molecule has 1 aliphatic heterocycles. The van der Waals surface area contributed by atoms with Crippen LogP contribution in [0.4, 0.5) is 0 Å². The molecule has 0 aromatic carbocycles. The van der Waals surface area contributed by atoms with E-state index in [9.17, 15) is 29.7 Å². The number of ether oxygens (including phenoxy) is 1. The highest BCUT2D eigenvalue weighted by Gasteiger charge is 2.49. The number of aliphatic hydroxyl groups is 3. The summed E-state index contributed by atoms with van der Waals surface area (Å²) in [6.45, 7) is 0. The summed E-state index contributed by atoms with van der Waals surface area (Å²) in [6.07, 6.45) is -7.38. The lowest BCUT2D eigenvalue weighted by molar-refractivity contribution is -0.160. The van der Waals surface area contributed by atoms with Crippen LogP contribution in [0.3, 0.4) is 0 Å². The van der Waals surface area contributed by atoms with E-state index in [1.165, 1.54) is 0 Å². The molecule has 21 heavy (non-hydrogen) atoms. The molecule has 116 valence electrons. The topological polar surface area (TPSA) is 162 Å². The summed E-state index contributed by atoms with van der Waals surface area (Å²) in [5.74, 6) is -1.64. The lowest BCUT2D eigenvalue weighted by Gasteiger charge is -2.18. The van der Waals surface area contributed by atoms with E-state index in [0.29, 0.717) is 0 Å². The van der Waals surface area contributed by atoms with Crippen molar-refractivity contribution in [3.05, 3.63) is 30.6 Å². The minimum absolute atomic E-state index is 0.125. The number of carboxylic acids is 1.